The van der Waals surface area contributed by atoms with Crippen molar-refractivity contribution in [1.29, 1.82) is 0 Å². The van der Waals surface area contributed by atoms with Gasteiger partial charge in [0.05, 0.1) is 24.3 Å². The van der Waals surface area contributed by atoms with E-state index in [0.717, 1.165) is 77.0 Å². The Kier molecular flexibility index (Phi) is 11.3. The van der Waals surface area contributed by atoms with Crippen molar-refractivity contribution in [3.05, 3.63) is 179 Å². The highest BCUT2D eigenvalue weighted by molar-refractivity contribution is 7.81. The van der Waals surface area contributed by atoms with Crippen molar-refractivity contribution in [2.75, 3.05) is 13.2 Å². The summed E-state index contributed by atoms with van der Waals surface area (Å²) in [4.78, 5) is 29.2. The fourth-order valence-corrected chi connectivity index (χ4v) is 12.9. The zero-order chi connectivity index (χ0) is 38.4. The molecular formula is C50H42O4P2. The summed E-state index contributed by atoms with van der Waals surface area (Å²) in [6, 6.07) is 54.4. The average molecular weight is 769 g/mol. The van der Waals surface area contributed by atoms with E-state index in [4.69, 9.17) is 9.47 Å². The molecule has 6 heteroatoms. The standard InChI is InChI=1S/C50H42O4P2/c1-3-53-49(51)43-33-35-21-17-19-31-41(35)45(47(43)55(37-23-9-5-10-24-37)38-25-11-6-12-26-38)46-42-32-20-18-22-36(42)34-44(50(52)54-4-2)48(46)56(39-27-13-7-14-28-39)40-29-15-8-16-30-40/h5-17,19,21-34H,3-4,18,20H2,1-2H3. The van der Waals surface area contributed by atoms with E-state index in [-0.39, 0.29) is 25.2 Å². The Balaban J connectivity index is 1.65. The van der Waals surface area contributed by atoms with Crippen LogP contribution in [0.1, 0.15) is 47.4 Å². The molecular weight excluding hydrogens is 726 g/mol. The predicted molar refractivity (Wildman–Crippen MR) is 236 cm³/mol. The van der Waals surface area contributed by atoms with Crippen LogP contribution in [0.5, 0.6) is 0 Å². The summed E-state index contributed by atoms with van der Waals surface area (Å²) in [5.74, 6) is -0.722. The lowest BCUT2D eigenvalue weighted by atomic mass is 9.90. The second-order valence-corrected chi connectivity index (χ2v) is 17.8. The highest BCUT2D eigenvalue weighted by Crippen LogP contribution is 2.44. The van der Waals surface area contributed by atoms with Gasteiger partial charge in [-0.05, 0) is 103 Å². The summed E-state index contributed by atoms with van der Waals surface area (Å²) >= 11 is 0. The number of fused-ring (bicyclic) bond motifs is 2. The number of hydrogen-bond acceptors (Lipinski definition) is 4. The number of hydrogen-bond donors (Lipinski definition) is 0. The number of esters is 2. The van der Waals surface area contributed by atoms with Crippen molar-refractivity contribution in [2.24, 2.45) is 0 Å². The minimum absolute atomic E-state index is 0.240. The molecule has 0 spiro atoms. The molecule has 0 radical (unpaired) electrons. The maximum atomic E-state index is 14.6. The van der Waals surface area contributed by atoms with Crippen LogP contribution in [0.3, 0.4) is 0 Å². The monoisotopic (exact) mass is 768 g/mol. The van der Waals surface area contributed by atoms with E-state index in [0.29, 0.717) is 11.1 Å². The van der Waals surface area contributed by atoms with Crippen LogP contribution in [0.25, 0.3) is 34.1 Å². The molecule has 1 aliphatic rings. The molecule has 7 aromatic rings. The van der Waals surface area contributed by atoms with Gasteiger partial charge in [0, 0.05) is 16.2 Å². The van der Waals surface area contributed by atoms with Gasteiger partial charge in [0.1, 0.15) is 0 Å². The van der Waals surface area contributed by atoms with E-state index < -0.39 is 15.8 Å². The van der Waals surface area contributed by atoms with E-state index in [2.05, 4.69) is 133 Å². The van der Waals surface area contributed by atoms with Gasteiger partial charge in [-0.3, -0.25) is 0 Å². The van der Waals surface area contributed by atoms with Gasteiger partial charge in [0.25, 0.3) is 0 Å². The summed E-state index contributed by atoms with van der Waals surface area (Å²) in [5.41, 5.74) is 3.00. The van der Waals surface area contributed by atoms with Gasteiger partial charge in [0.15, 0.2) is 0 Å². The average Bonchev–Trinajstić information content (AvgIpc) is 3.25. The molecule has 0 bridgehead atoms. The smallest absolute Gasteiger partial charge is 0.338 e. The maximum Gasteiger partial charge on any atom is 0.338 e. The molecule has 0 aromatic heterocycles. The third-order valence-corrected chi connectivity index (χ3v) is 15.1. The lowest BCUT2D eigenvalue weighted by molar-refractivity contribution is 0.0518. The first-order valence-corrected chi connectivity index (χ1v) is 21.9. The van der Waals surface area contributed by atoms with Crippen LogP contribution in [-0.4, -0.2) is 25.2 Å². The summed E-state index contributed by atoms with van der Waals surface area (Å²) in [6.07, 6.45) is 6.28. The Bertz CT molecular complexity index is 2570. The van der Waals surface area contributed by atoms with Crippen molar-refractivity contribution < 1.29 is 19.1 Å². The first kappa shape index (κ1) is 37.3. The van der Waals surface area contributed by atoms with E-state index in [1.807, 2.05) is 50.2 Å². The molecule has 1 aliphatic carbocycles. The summed E-state index contributed by atoms with van der Waals surface area (Å²) in [5, 5.41) is 10.3. The Morgan fingerprint density at radius 3 is 1.39 bits per heavy atom. The lowest BCUT2D eigenvalue weighted by Crippen LogP contribution is -2.41. The number of carbonyl (C=O) groups excluding carboxylic acids is 2. The van der Waals surface area contributed by atoms with Crippen LogP contribution in [0.15, 0.2) is 158 Å². The molecule has 0 atom stereocenters. The number of ether oxygens (including phenoxy) is 2. The molecule has 0 unspecified atom stereocenters. The van der Waals surface area contributed by atoms with Crippen molar-refractivity contribution in [3.63, 3.8) is 0 Å². The van der Waals surface area contributed by atoms with E-state index in [1.165, 1.54) is 0 Å². The minimum Gasteiger partial charge on any atom is -0.462 e. The fourth-order valence-electron chi connectivity index (χ4n) is 7.72. The van der Waals surface area contributed by atoms with Gasteiger partial charge in [-0.2, -0.15) is 0 Å². The maximum absolute atomic E-state index is 14.6. The minimum atomic E-state index is -1.35. The fraction of sp³-hybridized carbons (Fsp3) is 0.120. The molecule has 0 N–H and O–H groups in total. The highest BCUT2D eigenvalue weighted by Gasteiger charge is 2.34. The molecule has 56 heavy (non-hydrogen) atoms. The molecule has 4 nitrogen and oxygen atoms in total. The molecule has 0 amide bonds. The van der Waals surface area contributed by atoms with E-state index in [1.54, 1.807) is 0 Å². The summed E-state index contributed by atoms with van der Waals surface area (Å²) in [7, 11) is -2.69. The summed E-state index contributed by atoms with van der Waals surface area (Å²) < 4.78 is 11.9. The largest absolute Gasteiger partial charge is 0.462 e. The second kappa shape index (κ2) is 17.0. The van der Waals surface area contributed by atoms with Gasteiger partial charge < -0.3 is 9.47 Å². The third kappa shape index (κ3) is 7.24. The number of benzene rings is 7. The molecule has 276 valence electrons. The molecule has 0 fully saturated rings. The normalized spacial score (nSPS) is 12.1. The Labute approximate surface area is 330 Å². The quantitative estimate of drug-likeness (QED) is 0.1000. The van der Waals surface area contributed by atoms with Crippen LogP contribution < -0.4 is 42.3 Å². The Hall–Kier alpha value is -5.66. The zero-order valence-corrected chi connectivity index (χ0v) is 33.3. The molecule has 0 heterocycles. The van der Waals surface area contributed by atoms with Crippen LogP contribution in [-0.2, 0) is 9.47 Å². The van der Waals surface area contributed by atoms with Crippen molar-refractivity contribution >= 4 is 82.5 Å². The van der Waals surface area contributed by atoms with E-state index in [9.17, 15) is 9.59 Å². The third-order valence-electron chi connectivity index (χ3n) is 10.0. The van der Waals surface area contributed by atoms with Crippen molar-refractivity contribution in [2.45, 2.75) is 26.7 Å². The number of rotatable bonds is 11. The first-order chi connectivity index (χ1) is 27.6. The summed E-state index contributed by atoms with van der Waals surface area (Å²) in [6.45, 7) is 4.19. The van der Waals surface area contributed by atoms with Gasteiger partial charge >= 0.3 is 11.9 Å². The van der Waals surface area contributed by atoms with Crippen LogP contribution in [0.4, 0.5) is 0 Å². The molecule has 0 aliphatic heterocycles. The predicted octanol–water partition coefficient (Wildman–Crippen LogP) is 7.73. The molecule has 8 rings (SSSR count). The first-order valence-electron chi connectivity index (χ1n) is 19.2. The second-order valence-electron chi connectivity index (χ2n) is 13.5. The topological polar surface area (TPSA) is 52.6 Å². The number of carbonyl (C=O) groups is 2. The van der Waals surface area contributed by atoms with Crippen molar-refractivity contribution in [1.82, 2.24) is 0 Å². The van der Waals surface area contributed by atoms with Gasteiger partial charge in [-0.1, -0.05) is 158 Å². The van der Waals surface area contributed by atoms with E-state index >= 15 is 0 Å². The SMILES string of the molecule is CCOC(=O)c1cc2c(c(-c3c(P(c4ccccc4)c4ccccc4)c(C(=O)OCC)cc4ccccc34)c1P(c1ccccc1)c1ccccc1)=CCCC=2. The highest BCUT2D eigenvalue weighted by atomic mass is 31.1. The van der Waals surface area contributed by atoms with Crippen LogP contribution >= 0.6 is 15.8 Å². The van der Waals surface area contributed by atoms with Gasteiger partial charge in [-0.25, -0.2) is 9.59 Å². The Morgan fingerprint density at radius 1 is 0.500 bits per heavy atom. The molecule has 0 saturated heterocycles. The van der Waals surface area contributed by atoms with Gasteiger partial charge in [0.2, 0.25) is 0 Å². The zero-order valence-electron chi connectivity index (χ0n) is 31.5. The van der Waals surface area contributed by atoms with Crippen molar-refractivity contribution in [3.8, 4) is 11.1 Å². The Morgan fingerprint density at radius 2 is 0.911 bits per heavy atom. The molecule has 7 aromatic carbocycles. The van der Waals surface area contributed by atoms with Crippen LogP contribution in [0.2, 0.25) is 0 Å². The lowest BCUT2D eigenvalue weighted by Gasteiger charge is -2.30. The van der Waals surface area contributed by atoms with Gasteiger partial charge in [-0.15, -0.1) is 0 Å². The molecule has 0 saturated carbocycles. The van der Waals surface area contributed by atoms with Crippen LogP contribution in [0, 0.1) is 0 Å².